The Hall–Kier alpha value is -1.58. The lowest BCUT2D eigenvalue weighted by Gasteiger charge is -2.36. The third-order valence-corrected chi connectivity index (χ3v) is 4.06. The topological polar surface area (TPSA) is 19.4 Å². The van der Waals surface area contributed by atoms with Crippen molar-refractivity contribution >= 4 is 17.3 Å². The summed E-state index contributed by atoms with van der Waals surface area (Å²) >= 11 is 6.12. The van der Waals surface area contributed by atoms with Crippen LogP contribution in [0.3, 0.4) is 0 Å². The summed E-state index contributed by atoms with van der Waals surface area (Å²) < 4.78 is 0. The van der Waals surface area contributed by atoms with Crippen molar-refractivity contribution in [2.75, 3.05) is 31.1 Å². The Morgan fingerprint density at radius 1 is 0.950 bits per heavy atom. The van der Waals surface area contributed by atoms with Gasteiger partial charge in [0.2, 0.25) is 0 Å². The first kappa shape index (κ1) is 13.4. The highest BCUT2D eigenvalue weighted by molar-refractivity contribution is 6.30. The second kappa shape index (κ2) is 6.25. The largest absolute Gasteiger partial charge is 0.369 e. The van der Waals surface area contributed by atoms with Gasteiger partial charge in [-0.1, -0.05) is 35.9 Å². The molecule has 1 aliphatic heterocycles. The normalized spacial score (nSPS) is 16.4. The quantitative estimate of drug-likeness (QED) is 0.809. The zero-order valence-electron chi connectivity index (χ0n) is 11.4. The summed E-state index contributed by atoms with van der Waals surface area (Å²) in [4.78, 5) is 9.00. The maximum atomic E-state index is 6.12. The van der Waals surface area contributed by atoms with E-state index in [2.05, 4.69) is 51.2 Å². The van der Waals surface area contributed by atoms with E-state index in [4.69, 9.17) is 11.6 Å². The van der Waals surface area contributed by atoms with Crippen molar-refractivity contribution in [3.05, 3.63) is 59.4 Å². The molecule has 104 valence electrons. The van der Waals surface area contributed by atoms with Crippen molar-refractivity contribution in [1.29, 1.82) is 0 Å². The van der Waals surface area contributed by atoms with Crippen molar-refractivity contribution in [1.82, 2.24) is 9.88 Å². The van der Waals surface area contributed by atoms with E-state index in [9.17, 15) is 0 Å². The van der Waals surface area contributed by atoms with Gasteiger partial charge in [-0.25, -0.2) is 4.98 Å². The van der Waals surface area contributed by atoms with E-state index in [0.717, 1.165) is 38.3 Å². The van der Waals surface area contributed by atoms with Gasteiger partial charge in [0.05, 0.1) is 0 Å². The van der Waals surface area contributed by atoms with Gasteiger partial charge in [0.25, 0.3) is 0 Å². The van der Waals surface area contributed by atoms with E-state index >= 15 is 0 Å². The smallest absolute Gasteiger partial charge is 0.133 e. The molecule has 0 aliphatic carbocycles. The van der Waals surface area contributed by atoms with E-state index < -0.39 is 0 Å². The average molecular weight is 288 g/mol. The lowest BCUT2D eigenvalue weighted by Crippen LogP contribution is -2.46. The summed E-state index contributed by atoms with van der Waals surface area (Å²) in [6.07, 6.45) is 1.74. The third-order valence-electron chi connectivity index (χ3n) is 3.72. The van der Waals surface area contributed by atoms with Gasteiger partial charge in [0.1, 0.15) is 5.15 Å². The average Bonchev–Trinajstić information content (AvgIpc) is 2.51. The molecule has 0 amide bonds. The van der Waals surface area contributed by atoms with E-state index in [-0.39, 0.29) is 0 Å². The fourth-order valence-corrected chi connectivity index (χ4v) is 2.76. The van der Waals surface area contributed by atoms with Crippen LogP contribution >= 0.6 is 11.6 Å². The first-order valence-corrected chi connectivity index (χ1v) is 7.32. The Morgan fingerprint density at radius 2 is 1.70 bits per heavy atom. The minimum Gasteiger partial charge on any atom is -0.369 e. The number of anilines is 1. The Balaban J connectivity index is 1.58. The number of halogens is 1. The number of hydrogen-bond acceptors (Lipinski definition) is 3. The monoisotopic (exact) mass is 287 g/mol. The molecule has 3 rings (SSSR count). The number of piperazine rings is 1. The molecule has 1 saturated heterocycles. The summed E-state index contributed by atoms with van der Waals surface area (Å²) in [5.74, 6) is 0. The molecule has 1 aromatic carbocycles. The lowest BCUT2D eigenvalue weighted by molar-refractivity contribution is 0.249. The molecule has 0 atom stereocenters. The van der Waals surface area contributed by atoms with E-state index in [0.29, 0.717) is 5.15 Å². The minimum absolute atomic E-state index is 0.623. The highest BCUT2D eigenvalue weighted by atomic mass is 35.5. The van der Waals surface area contributed by atoms with Crippen LogP contribution < -0.4 is 4.90 Å². The molecule has 1 fully saturated rings. The Morgan fingerprint density at radius 3 is 2.40 bits per heavy atom. The van der Waals surface area contributed by atoms with Crippen molar-refractivity contribution in [3.63, 3.8) is 0 Å². The molecule has 2 heterocycles. The van der Waals surface area contributed by atoms with Crippen LogP contribution in [0.15, 0.2) is 48.7 Å². The molecule has 4 heteroatoms. The zero-order chi connectivity index (χ0) is 13.8. The molecular formula is C16H18ClN3. The van der Waals surface area contributed by atoms with Crippen LogP contribution in [0, 0.1) is 0 Å². The summed E-state index contributed by atoms with van der Waals surface area (Å²) in [5.41, 5.74) is 2.42. The Labute approximate surface area is 124 Å². The number of rotatable bonds is 3. The van der Waals surface area contributed by atoms with Gasteiger partial charge in [-0.05, 0) is 18.2 Å². The molecule has 0 N–H and O–H groups in total. The van der Waals surface area contributed by atoms with Crippen molar-refractivity contribution in [2.24, 2.45) is 0 Å². The molecule has 0 saturated carbocycles. The lowest BCUT2D eigenvalue weighted by atomic mass is 10.2. The summed E-state index contributed by atoms with van der Waals surface area (Å²) in [7, 11) is 0. The van der Waals surface area contributed by atoms with E-state index in [1.165, 1.54) is 5.69 Å². The predicted molar refractivity (Wildman–Crippen MR) is 83.2 cm³/mol. The van der Waals surface area contributed by atoms with Crippen LogP contribution in [-0.4, -0.2) is 36.1 Å². The van der Waals surface area contributed by atoms with Gasteiger partial charge >= 0.3 is 0 Å². The summed E-state index contributed by atoms with van der Waals surface area (Å²) in [6.45, 7) is 5.11. The van der Waals surface area contributed by atoms with Crippen LogP contribution in [0.1, 0.15) is 5.56 Å². The zero-order valence-corrected chi connectivity index (χ0v) is 12.1. The number of aromatic nitrogens is 1. The highest BCUT2D eigenvalue weighted by Gasteiger charge is 2.17. The van der Waals surface area contributed by atoms with Gasteiger partial charge in [-0.15, -0.1) is 0 Å². The molecule has 3 nitrogen and oxygen atoms in total. The molecule has 1 aromatic heterocycles. The van der Waals surface area contributed by atoms with Gasteiger partial charge in [-0.3, -0.25) is 4.90 Å². The fraction of sp³-hybridized carbons (Fsp3) is 0.312. The fourth-order valence-electron chi connectivity index (χ4n) is 2.58. The molecule has 0 radical (unpaired) electrons. The Bertz CT molecular complexity index is 551. The van der Waals surface area contributed by atoms with Gasteiger partial charge in [0.15, 0.2) is 0 Å². The molecule has 0 bridgehead atoms. The molecule has 1 aliphatic rings. The molecule has 20 heavy (non-hydrogen) atoms. The standard InChI is InChI=1S/C16H18ClN3/c17-16-14(5-4-8-18-16)13-19-9-11-20(12-10-19)15-6-2-1-3-7-15/h1-8H,9-13H2. The number of para-hydroxylation sites is 1. The maximum Gasteiger partial charge on any atom is 0.133 e. The third kappa shape index (κ3) is 3.11. The summed E-state index contributed by atoms with van der Waals surface area (Å²) in [5, 5.41) is 0.623. The van der Waals surface area contributed by atoms with Crippen molar-refractivity contribution in [3.8, 4) is 0 Å². The van der Waals surface area contributed by atoms with Crippen LogP contribution in [0.5, 0.6) is 0 Å². The van der Waals surface area contributed by atoms with Crippen LogP contribution in [0.2, 0.25) is 5.15 Å². The van der Waals surface area contributed by atoms with Crippen molar-refractivity contribution in [2.45, 2.75) is 6.54 Å². The van der Waals surface area contributed by atoms with Crippen LogP contribution in [0.4, 0.5) is 5.69 Å². The van der Waals surface area contributed by atoms with E-state index in [1.807, 2.05) is 6.07 Å². The van der Waals surface area contributed by atoms with E-state index in [1.54, 1.807) is 6.20 Å². The maximum absolute atomic E-state index is 6.12. The first-order chi connectivity index (χ1) is 9.83. The molecule has 0 spiro atoms. The SMILES string of the molecule is Clc1ncccc1CN1CCN(c2ccccc2)CC1. The summed E-state index contributed by atoms with van der Waals surface area (Å²) in [6, 6.07) is 14.6. The van der Waals surface area contributed by atoms with Crippen molar-refractivity contribution < 1.29 is 0 Å². The predicted octanol–water partition coefficient (Wildman–Crippen LogP) is 3.06. The van der Waals surface area contributed by atoms with Gasteiger partial charge in [0, 0.05) is 50.2 Å². The molecular weight excluding hydrogens is 270 g/mol. The van der Waals surface area contributed by atoms with Crippen LogP contribution in [-0.2, 0) is 6.54 Å². The number of nitrogens with zero attached hydrogens (tertiary/aromatic N) is 3. The van der Waals surface area contributed by atoms with Crippen LogP contribution in [0.25, 0.3) is 0 Å². The number of hydrogen-bond donors (Lipinski definition) is 0. The highest BCUT2D eigenvalue weighted by Crippen LogP contribution is 2.18. The molecule has 0 unspecified atom stereocenters. The first-order valence-electron chi connectivity index (χ1n) is 6.95. The molecule has 2 aromatic rings. The minimum atomic E-state index is 0.623. The second-order valence-corrected chi connectivity index (χ2v) is 5.41. The van der Waals surface area contributed by atoms with Gasteiger partial charge < -0.3 is 4.90 Å². The Kier molecular flexibility index (Phi) is 4.19. The van der Waals surface area contributed by atoms with Gasteiger partial charge in [-0.2, -0.15) is 0 Å². The second-order valence-electron chi connectivity index (χ2n) is 5.05. The number of benzene rings is 1. The number of pyridine rings is 1.